The van der Waals surface area contributed by atoms with Crippen LogP contribution < -0.4 is 5.32 Å². The van der Waals surface area contributed by atoms with Crippen LogP contribution in [0.3, 0.4) is 0 Å². The molecule has 0 saturated heterocycles. The molecule has 4 heteroatoms. The van der Waals surface area contributed by atoms with Crippen molar-refractivity contribution < 1.29 is 9.90 Å². The zero-order valence-corrected chi connectivity index (χ0v) is 20.5. The zero-order chi connectivity index (χ0) is 23.4. The van der Waals surface area contributed by atoms with Crippen LogP contribution in [0.25, 0.3) is 0 Å². The number of carbonyl (C=O) groups is 1. The Labute approximate surface area is 199 Å². The van der Waals surface area contributed by atoms with E-state index in [2.05, 4.69) is 25.2 Å². The molecule has 0 heterocycles. The maximum atomic E-state index is 12.9. The second kappa shape index (κ2) is 8.42. The molecule has 5 rings (SSSR count). The third-order valence-electron chi connectivity index (χ3n) is 10.5. The van der Waals surface area contributed by atoms with Crippen LogP contribution in [0.5, 0.6) is 0 Å². The van der Waals surface area contributed by atoms with Crippen LogP contribution in [0.4, 0.5) is 0 Å². The Balaban J connectivity index is 1.28. The topological polar surface area (TPSA) is 73.1 Å². The Morgan fingerprint density at radius 1 is 1.09 bits per heavy atom. The summed E-state index contributed by atoms with van der Waals surface area (Å²) in [5, 5.41) is 23.1. The first-order valence-corrected chi connectivity index (χ1v) is 13.3. The monoisotopic (exact) mass is 448 g/mol. The van der Waals surface area contributed by atoms with Gasteiger partial charge in [-0.15, -0.1) is 0 Å². The number of aliphatic hydroxyl groups is 1. The fourth-order valence-corrected chi connectivity index (χ4v) is 9.06. The molecule has 4 fully saturated rings. The highest BCUT2D eigenvalue weighted by molar-refractivity contribution is 5.94. The summed E-state index contributed by atoms with van der Waals surface area (Å²) in [5.74, 6) is 4.43. The molecule has 0 unspecified atom stereocenters. The number of rotatable bonds is 3. The predicted octanol–water partition coefficient (Wildman–Crippen LogP) is 5.70. The van der Waals surface area contributed by atoms with Crippen molar-refractivity contribution in [1.82, 2.24) is 5.32 Å². The molecule has 1 amide bonds. The number of nitrogens with zero attached hydrogens (tertiary/aromatic N) is 1. The molecule has 2 N–H and O–H groups in total. The van der Waals surface area contributed by atoms with Crippen LogP contribution in [-0.4, -0.2) is 22.7 Å². The summed E-state index contributed by atoms with van der Waals surface area (Å²) in [4.78, 5) is 12.9. The van der Waals surface area contributed by atoms with E-state index in [-0.39, 0.29) is 11.9 Å². The smallest absolute Gasteiger partial charge is 0.251 e. The minimum Gasteiger partial charge on any atom is -0.390 e. The fraction of sp³-hybridized carbons (Fsp3) is 0.724. The van der Waals surface area contributed by atoms with Gasteiger partial charge in [-0.1, -0.05) is 13.0 Å². The number of nitriles is 1. The van der Waals surface area contributed by atoms with Gasteiger partial charge in [0.1, 0.15) is 0 Å². The van der Waals surface area contributed by atoms with Gasteiger partial charge in [0.25, 0.3) is 5.91 Å². The highest BCUT2D eigenvalue weighted by atomic mass is 16.3. The second-order valence-electron chi connectivity index (χ2n) is 12.4. The molecule has 0 aliphatic heterocycles. The second-order valence-corrected chi connectivity index (χ2v) is 12.4. The van der Waals surface area contributed by atoms with Crippen molar-refractivity contribution in [2.45, 2.75) is 90.2 Å². The number of hydrogen-bond acceptors (Lipinski definition) is 3. The lowest BCUT2D eigenvalue weighted by molar-refractivity contribution is -0.101. The molecular weight excluding hydrogens is 408 g/mol. The SMILES string of the molecule is C[C@@H](NC(=O)c1cccc(C#N)c1)[C@H]1CC[C@H]2[C@@H]3CC[C@@H]4C[C@](C)(O)CC[C@@H]4[C@H]3CC[C@]12C. The lowest BCUT2D eigenvalue weighted by atomic mass is 9.49. The van der Waals surface area contributed by atoms with Crippen LogP contribution in [0.1, 0.15) is 94.5 Å². The molecule has 0 radical (unpaired) electrons. The molecule has 9 atom stereocenters. The maximum Gasteiger partial charge on any atom is 0.251 e. The van der Waals surface area contributed by atoms with E-state index in [9.17, 15) is 9.90 Å². The number of amides is 1. The Morgan fingerprint density at radius 3 is 2.67 bits per heavy atom. The normalized spacial score (nSPS) is 42.9. The van der Waals surface area contributed by atoms with Gasteiger partial charge in [-0.3, -0.25) is 4.79 Å². The number of fused-ring (bicyclic) bond motifs is 5. The molecule has 4 saturated carbocycles. The summed E-state index contributed by atoms with van der Waals surface area (Å²) in [5.41, 5.74) is 0.961. The van der Waals surface area contributed by atoms with Crippen LogP contribution in [0, 0.1) is 52.3 Å². The standard InChI is InChI=1S/C29H40N2O2/c1-18(31-27(32)20-6-4-5-19(15-20)17-30)25-9-10-26-24-8-7-21-16-28(2,33)13-11-22(21)23(24)12-14-29(25,26)3/h4-6,15,18,21-26,33H,7-14,16H2,1-3H3,(H,31,32)/t18-,21-,22+,23-,24-,25-,26+,28-,29-/m1/s1. The van der Waals surface area contributed by atoms with Crippen molar-refractivity contribution in [1.29, 1.82) is 5.26 Å². The lowest BCUT2D eigenvalue weighted by Crippen LogP contribution is -2.52. The van der Waals surface area contributed by atoms with Crippen molar-refractivity contribution >= 4 is 5.91 Å². The zero-order valence-electron chi connectivity index (χ0n) is 20.5. The molecule has 178 valence electrons. The average Bonchev–Trinajstić information content (AvgIpc) is 3.15. The fourth-order valence-electron chi connectivity index (χ4n) is 9.06. The minimum absolute atomic E-state index is 0.0601. The van der Waals surface area contributed by atoms with Crippen LogP contribution >= 0.6 is 0 Å². The molecule has 1 aromatic rings. The quantitative estimate of drug-likeness (QED) is 0.623. The van der Waals surface area contributed by atoms with Crippen molar-refractivity contribution in [3.63, 3.8) is 0 Å². The first kappa shape index (κ1) is 22.9. The molecule has 4 aliphatic rings. The third kappa shape index (κ3) is 4.01. The van der Waals surface area contributed by atoms with Gasteiger partial charge in [0.15, 0.2) is 0 Å². The summed E-state index contributed by atoms with van der Waals surface area (Å²) in [6.45, 7) is 6.75. The van der Waals surface area contributed by atoms with Crippen molar-refractivity contribution in [3.8, 4) is 6.07 Å². The highest BCUT2D eigenvalue weighted by Crippen LogP contribution is 2.65. The Bertz CT molecular complexity index is 949. The van der Waals surface area contributed by atoms with E-state index in [4.69, 9.17) is 5.26 Å². The molecular formula is C29H40N2O2. The van der Waals surface area contributed by atoms with Crippen molar-refractivity contribution in [2.75, 3.05) is 0 Å². The van der Waals surface area contributed by atoms with Gasteiger partial charge in [0.2, 0.25) is 0 Å². The minimum atomic E-state index is -0.448. The highest BCUT2D eigenvalue weighted by Gasteiger charge is 2.58. The molecule has 1 aromatic carbocycles. The molecule has 4 nitrogen and oxygen atoms in total. The molecule has 4 aliphatic carbocycles. The van der Waals surface area contributed by atoms with Crippen LogP contribution in [0.15, 0.2) is 24.3 Å². The van der Waals surface area contributed by atoms with Crippen LogP contribution in [-0.2, 0) is 0 Å². The first-order valence-electron chi connectivity index (χ1n) is 13.3. The summed E-state index contributed by atoms with van der Waals surface area (Å²) in [7, 11) is 0. The van der Waals surface area contributed by atoms with Gasteiger partial charge in [0.05, 0.1) is 17.2 Å². The van der Waals surface area contributed by atoms with Crippen molar-refractivity contribution in [3.05, 3.63) is 35.4 Å². The van der Waals surface area contributed by atoms with E-state index >= 15 is 0 Å². The molecule has 0 aromatic heterocycles. The maximum absolute atomic E-state index is 12.9. The van der Waals surface area contributed by atoms with Crippen molar-refractivity contribution in [2.24, 2.45) is 40.9 Å². The Kier molecular flexibility index (Phi) is 5.84. The Hall–Kier alpha value is -1.86. The van der Waals surface area contributed by atoms with Gasteiger partial charge in [-0.2, -0.15) is 5.26 Å². The van der Waals surface area contributed by atoms with Gasteiger partial charge < -0.3 is 10.4 Å². The lowest BCUT2D eigenvalue weighted by Gasteiger charge is -2.57. The van der Waals surface area contributed by atoms with Gasteiger partial charge >= 0.3 is 0 Å². The van der Waals surface area contributed by atoms with Gasteiger partial charge in [-0.05, 0) is 131 Å². The first-order chi connectivity index (χ1) is 15.7. The van der Waals surface area contributed by atoms with Crippen LogP contribution in [0.2, 0.25) is 0 Å². The van der Waals surface area contributed by atoms with E-state index in [0.29, 0.717) is 22.5 Å². The van der Waals surface area contributed by atoms with E-state index in [0.717, 1.165) is 42.4 Å². The van der Waals surface area contributed by atoms with E-state index in [1.165, 1.54) is 44.9 Å². The van der Waals surface area contributed by atoms with Gasteiger partial charge in [0, 0.05) is 11.6 Å². The molecule has 0 bridgehead atoms. The molecule has 0 spiro atoms. The van der Waals surface area contributed by atoms with Gasteiger partial charge in [-0.25, -0.2) is 0 Å². The summed E-state index contributed by atoms with van der Waals surface area (Å²) in [6.07, 6.45) is 10.9. The Morgan fingerprint density at radius 2 is 1.88 bits per heavy atom. The number of carbonyl (C=O) groups excluding carboxylic acids is 1. The summed E-state index contributed by atoms with van der Waals surface area (Å²) < 4.78 is 0. The summed E-state index contributed by atoms with van der Waals surface area (Å²) in [6, 6.07) is 9.28. The third-order valence-corrected chi connectivity index (χ3v) is 10.5. The number of hydrogen-bond donors (Lipinski definition) is 2. The number of nitrogens with one attached hydrogen (secondary N) is 1. The van der Waals surface area contributed by atoms with E-state index in [1.807, 2.05) is 6.92 Å². The predicted molar refractivity (Wildman–Crippen MR) is 129 cm³/mol. The average molecular weight is 449 g/mol. The largest absolute Gasteiger partial charge is 0.390 e. The van der Waals surface area contributed by atoms with E-state index in [1.54, 1.807) is 24.3 Å². The molecule has 33 heavy (non-hydrogen) atoms. The summed E-state index contributed by atoms with van der Waals surface area (Å²) >= 11 is 0. The van der Waals surface area contributed by atoms with E-state index < -0.39 is 5.60 Å². The number of benzene rings is 1.